The maximum Gasteiger partial charge on any atom is 0.270 e. The van der Waals surface area contributed by atoms with Gasteiger partial charge in [0.15, 0.2) is 5.78 Å². The minimum atomic E-state index is -0.546. The SMILES string of the molecule is CC(=O)c1cc([N+](=O)[O-])ccc1OCc1ccc(Cl)cc1. The van der Waals surface area contributed by atoms with Crippen LogP contribution in [0.15, 0.2) is 42.5 Å². The van der Waals surface area contributed by atoms with Crippen LogP contribution in [0.2, 0.25) is 5.02 Å². The zero-order valence-corrected chi connectivity index (χ0v) is 12.0. The van der Waals surface area contributed by atoms with Crippen LogP contribution in [-0.2, 0) is 6.61 Å². The van der Waals surface area contributed by atoms with Crippen LogP contribution in [0.3, 0.4) is 0 Å². The highest BCUT2D eigenvalue weighted by Gasteiger charge is 2.15. The van der Waals surface area contributed by atoms with Crippen molar-refractivity contribution in [3.63, 3.8) is 0 Å². The molecule has 0 amide bonds. The molecule has 108 valence electrons. The van der Waals surface area contributed by atoms with Gasteiger partial charge in [0.2, 0.25) is 0 Å². The molecule has 2 aromatic carbocycles. The Labute approximate surface area is 126 Å². The molecule has 0 unspecified atom stereocenters. The molecule has 0 fully saturated rings. The summed E-state index contributed by atoms with van der Waals surface area (Å²) in [6, 6.07) is 11.1. The molecule has 0 radical (unpaired) electrons. The molecule has 0 atom stereocenters. The van der Waals surface area contributed by atoms with Crippen LogP contribution in [0.5, 0.6) is 5.75 Å². The molecule has 0 spiro atoms. The normalized spacial score (nSPS) is 10.2. The Hall–Kier alpha value is -2.40. The minimum Gasteiger partial charge on any atom is -0.488 e. The molecular weight excluding hydrogens is 294 g/mol. The molecule has 5 nitrogen and oxygen atoms in total. The number of carbonyl (C=O) groups is 1. The van der Waals surface area contributed by atoms with E-state index in [1.54, 1.807) is 24.3 Å². The third kappa shape index (κ3) is 3.79. The summed E-state index contributed by atoms with van der Waals surface area (Å²) in [6.07, 6.45) is 0. The van der Waals surface area contributed by atoms with Gasteiger partial charge in [0, 0.05) is 17.2 Å². The van der Waals surface area contributed by atoms with Crippen molar-refractivity contribution in [2.24, 2.45) is 0 Å². The number of nitro benzene ring substituents is 1. The van der Waals surface area contributed by atoms with Gasteiger partial charge < -0.3 is 4.74 Å². The number of halogens is 1. The lowest BCUT2D eigenvalue weighted by atomic mass is 10.1. The van der Waals surface area contributed by atoms with E-state index in [2.05, 4.69) is 0 Å². The number of nitrogens with zero attached hydrogens (tertiary/aromatic N) is 1. The lowest BCUT2D eigenvalue weighted by Crippen LogP contribution is -2.02. The number of Topliss-reactive ketones (excluding diaryl/α,β-unsaturated/α-hetero) is 1. The van der Waals surface area contributed by atoms with Crippen molar-refractivity contribution >= 4 is 23.1 Å². The van der Waals surface area contributed by atoms with Crippen LogP contribution in [0.1, 0.15) is 22.8 Å². The molecule has 0 heterocycles. The highest BCUT2D eigenvalue weighted by atomic mass is 35.5. The van der Waals surface area contributed by atoms with Crippen molar-refractivity contribution in [2.45, 2.75) is 13.5 Å². The number of carbonyl (C=O) groups excluding carboxylic acids is 1. The number of ether oxygens (including phenoxy) is 1. The van der Waals surface area contributed by atoms with E-state index in [1.807, 2.05) is 0 Å². The van der Waals surface area contributed by atoms with Crippen LogP contribution in [-0.4, -0.2) is 10.7 Å². The lowest BCUT2D eigenvalue weighted by molar-refractivity contribution is -0.384. The summed E-state index contributed by atoms with van der Waals surface area (Å²) in [4.78, 5) is 21.8. The molecule has 0 saturated carbocycles. The zero-order valence-electron chi connectivity index (χ0n) is 11.2. The van der Waals surface area contributed by atoms with Gasteiger partial charge in [-0.2, -0.15) is 0 Å². The first-order chi connectivity index (χ1) is 9.97. The van der Waals surface area contributed by atoms with E-state index in [1.165, 1.54) is 25.1 Å². The Balaban J connectivity index is 2.21. The highest BCUT2D eigenvalue weighted by molar-refractivity contribution is 6.30. The van der Waals surface area contributed by atoms with Crippen LogP contribution < -0.4 is 4.74 Å². The number of hydrogen-bond acceptors (Lipinski definition) is 4. The number of rotatable bonds is 5. The maximum absolute atomic E-state index is 11.6. The van der Waals surface area contributed by atoms with E-state index >= 15 is 0 Å². The Morgan fingerprint density at radius 1 is 1.24 bits per heavy atom. The first kappa shape index (κ1) is 15.0. The number of non-ortho nitro benzene ring substituents is 1. The van der Waals surface area contributed by atoms with Crippen LogP contribution in [0.25, 0.3) is 0 Å². The third-order valence-electron chi connectivity index (χ3n) is 2.86. The minimum absolute atomic E-state index is 0.140. The molecular formula is C15H12ClNO4. The topological polar surface area (TPSA) is 69.4 Å². The fraction of sp³-hybridized carbons (Fsp3) is 0.133. The molecule has 21 heavy (non-hydrogen) atoms. The predicted octanol–water partition coefficient (Wildman–Crippen LogP) is 4.03. The second-order valence-electron chi connectivity index (χ2n) is 4.41. The largest absolute Gasteiger partial charge is 0.488 e. The van der Waals surface area contributed by atoms with Crippen molar-refractivity contribution in [1.82, 2.24) is 0 Å². The van der Waals surface area contributed by atoms with Crippen LogP contribution >= 0.6 is 11.6 Å². The number of benzene rings is 2. The molecule has 0 aliphatic carbocycles. The van der Waals surface area contributed by atoms with Crippen LogP contribution in [0, 0.1) is 10.1 Å². The van der Waals surface area contributed by atoms with E-state index in [-0.39, 0.29) is 23.6 Å². The quantitative estimate of drug-likeness (QED) is 0.475. The average Bonchev–Trinajstić information content (AvgIpc) is 2.46. The first-order valence-corrected chi connectivity index (χ1v) is 6.52. The Bertz CT molecular complexity index is 683. The summed E-state index contributed by atoms with van der Waals surface area (Å²) in [7, 11) is 0. The summed E-state index contributed by atoms with van der Waals surface area (Å²) in [6.45, 7) is 1.59. The van der Waals surface area contributed by atoms with Gasteiger partial charge in [0.25, 0.3) is 5.69 Å². The monoisotopic (exact) mass is 305 g/mol. The molecule has 0 aliphatic heterocycles. The van der Waals surface area contributed by atoms with Gasteiger partial charge in [-0.25, -0.2) is 0 Å². The predicted molar refractivity (Wildman–Crippen MR) is 78.9 cm³/mol. The van der Waals surface area contributed by atoms with Crippen molar-refractivity contribution in [2.75, 3.05) is 0 Å². The second-order valence-corrected chi connectivity index (χ2v) is 4.85. The van der Waals surface area contributed by atoms with E-state index in [4.69, 9.17) is 16.3 Å². The summed E-state index contributed by atoms with van der Waals surface area (Å²) < 4.78 is 5.57. The lowest BCUT2D eigenvalue weighted by Gasteiger charge is -2.10. The Kier molecular flexibility index (Phi) is 4.55. The Morgan fingerprint density at radius 3 is 2.48 bits per heavy atom. The van der Waals surface area contributed by atoms with Gasteiger partial charge in [-0.15, -0.1) is 0 Å². The van der Waals surface area contributed by atoms with Gasteiger partial charge in [-0.1, -0.05) is 23.7 Å². The second kappa shape index (κ2) is 6.37. The summed E-state index contributed by atoms with van der Waals surface area (Å²) in [5.41, 5.74) is 0.935. The van der Waals surface area contributed by atoms with Crippen molar-refractivity contribution in [1.29, 1.82) is 0 Å². The molecule has 0 bridgehead atoms. The van der Waals surface area contributed by atoms with Crippen LogP contribution in [0.4, 0.5) is 5.69 Å². The molecule has 0 N–H and O–H groups in total. The smallest absolute Gasteiger partial charge is 0.270 e. The van der Waals surface area contributed by atoms with E-state index in [0.717, 1.165) is 5.56 Å². The first-order valence-electron chi connectivity index (χ1n) is 6.14. The summed E-state index contributed by atoms with van der Waals surface area (Å²) >= 11 is 5.79. The number of nitro groups is 1. The standard InChI is InChI=1S/C15H12ClNO4/c1-10(18)14-8-13(17(19)20)6-7-15(14)21-9-11-2-4-12(16)5-3-11/h2-8H,9H2,1H3. The Morgan fingerprint density at radius 2 is 1.90 bits per heavy atom. The van der Waals surface area contributed by atoms with Crippen molar-refractivity contribution in [3.05, 3.63) is 68.7 Å². The van der Waals surface area contributed by atoms with E-state index in [0.29, 0.717) is 10.8 Å². The maximum atomic E-state index is 11.6. The molecule has 6 heteroatoms. The highest BCUT2D eigenvalue weighted by Crippen LogP contribution is 2.25. The summed E-state index contributed by atoms with van der Waals surface area (Å²) in [5.74, 6) is 0.0351. The van der Waals surface area contributed by atoms with Gasteiger partial charge in [-0.3, -0.25) is 14.9 Å². The van der Waals surface area contributed by atoms with Gasteiger partial charge in [0.05, 0.1) is 10.5 Å². The number of ketones is 1. The van der Waals surface area contributed by atoms with Gasteiger partial charge in [-0.05, 0) is 30.7 Å². The molecule has 2 aromatic rings. The fourth-order valence-corrected chi connectivity index (χ4v) is 1.90. The fourth-order valence-electron chi connectivity index (χ4n) is 1.77. The molecule has 0 aliphatic rings. The average molecular weight is 306 g/mol. The van der Waals surface area contributed by atoms with Gasteiger partial charge >= 0.3 is 0 Å². The van der Waals surface area contributed by atoms with E-state index < -0.39 is 4.92 Å². The zero-order chi connectivity index (χ0) is 15.4. The van der Waals surface area contributed by atoms with Crippen molar-refractivity contribution in [3.8, 4) is 5.75 Å². The molecule has 0 aromatic heterocycles. The number of hydrogen-bond donors (Lipinski definition) is 0. The van der Waals surface area contributed by atoms with Gasteiger partial charge in [0.1, 0.15) is 12.4 Å². The molecule has 0 saturated heterocycles. The van der Waals surface area contributed by atoms with E-state index in [9.17, 15) is 14.9 Å². The summed E-state index contributed by atoms with van der Waals surface area (Å²) in [5, 5.41) is 11.4. The third-order valence-corrected chi connectivity index (χ3v) is 3.11. The molecule has 2 rings (SSSR count). The van der Waals surface area contributed by atoms with Crippen molar-refractivity contribution < 1.29 is 14.5 Å².